The summed E-state index contributed by atoms with van der Waals surface area (Å²) in [4.78, 5) is 14.3. The molecule has 6 nitrogen and oxygen atoms in total. The van der Waals surface area contributed by atoms with E-state index in [1.165, 1.54) is 0 Å². The summed E-state index contributed by atoms with van der Waals surface area (Å²) in [7, 11) is 0. The SMILES string of the molecule is Cc1c(N=Cc2c(O)ccc3cc(-c4ccc(N(c5ccccc5)c5ccccc5)cc4)ccc23)cccc1N=Cc1c(O)ccc2cc(-c3ccc(N(c4ccccc4)c4ccccc4)cc3)ccc12. The van der Waals surface area contributed by atoms with E-state index in [1.807, 2.05) is 61.5 Å². The highest BCUT2D eigenvalue weighted by Gasteiger charge is 2.15. The number of aliphatic imine (C=N–C) groups is 2. The maximum absolute atomic E-state index is 11.1. The fourth-order valence-electron chi connectivity index (χ4n) is 9.28. The lowest BCUT2D eigenvalue weighted by atomic mass is 9.98. The van der Waals surface area contributed by atoms with Crippen LogP contribution in [0.4, 0.5) is 45.5 Å². The van der Waals surface area contributed by atoms with E-state index in [0.29, 0.717) is 11.1 Å². The van der Waals surface area contributed by atoms with Gasteiger partial charge in [-0.25, -0.2) is 0 Å². The van der Waals surface area contributed by atoms with E-state index in [-0.39, 0.29) is 11.5 Å². The predicted octanol–water partition coefficient (Wildman–Crippen LogP) is 17.5. The normalized spacial score (nSPS) is 11.5. The summed E-state index contributed by atoms with van der Waals surface area (Å²) in [6, 6.07) is 84.5. The number of phenols is 2. The summed E-state index contributed by atoms with van der Waals surface area (Å²) in [5.41, 5.74) is 14.4. The van der Waals surface area contributed by atoms with Crippen LogP contribution in [0, 0.1) is 6.92 Å². The number of phenolic OH excluding ortho intramolecular Hbond substituents is 2. The second kappa shape index (κ2) is 19.6. The van der Waals surface area contributed by atoms with Gasteiger partial charge in [-0.2, -0.15) is 0 Å². The molecular weight excluding hydrogens is 869 g/mol. The second-order valence-corrected chi connectivity index (χ2v) is 17.4. The van der Waals surface area contributed by atoms with E-state index in [0.717, 1.165) is 94.9 Å². The van der Waals surface area contributed by atoms with Gasteiger partial charge in [-0.15, -0.1) is 0 Å². The first-order valence-electron chi connectivity index (χ1n) is 23.7. The maximum Gasteiger partial charge on any atom is 0.124 e. The van der Waals surface area contributed by atoms with Gasteiger partial charge < -0.3 is 20.0 Å². The van der Waals surface area contributed by atoms with Crippen LogP contribution in [0.25, 0.3) is 43.8 Å². The summed E-state index contributed by atoms with van der Waals surface area (Å²) in [5, 5.41) is 26.0. The Morgan fingerprint density at radius 1 is 0.324 bits per heavy atom. The lowest BCUT2D eigenvalue weighted by molar-refractivity contribution is 0.475. The number of hydrogen-bond acceptors (Lipinski definition) is 6. The van der Waals surface area contributed by atoms with E-state index in [9.17, 15) is 10.2 Å². The Morgan fingerprint density at radius 3 is 1.00 bits per heavy atom. The molecule has 0 fully saturated rings. The molecule has 0 atom stereocenters. The Kier molecular flexibility index (Phi) is 12.2. The van der Waals surface area contributed by atoms with Crippen LogP contribution in [-0.2, 0) is 0 Å². The number of anilines is 6. The van der Waals surface area contributed by atoms with Crippen molar-refractivity contribution in [2.24, 2.45) is 9.98 Å². The van der Waals surface area contributed by atoms with Crippen molar-refractivity contribution in [1.82, 2.24) is 0 Å². The van der Waals surface area contributed by atoms with Crippen molar-refractivity contribution in [3.05, 3.63) is 265 Å². The minimum Gasteiger partial charge on any atom is -0.507 e. The van der Waals surface area contributed by atoms with Crippen molar-refractivity contribution >= 4 is 79.5 Å². The summed E-state index contributed by atoms with van der Waals surface area (Å²) in [6.45, 7) is 1.98. The first-order valence-corrected chi connectivity index (χ1v) is 23.7. The third-order valence-corrected chi connectivity index (χ3v) is 13.0. The molecule has 0 radical (unpaired) electrons. The van der Waals surface area contributed by atoms with Gasteiger partial charge >= 0.3 is 0 Å². The van der Waals surface area contributed by atoms with Crippen LogP contribution in [0.3, 0.4) is 0 Å². The van der Waals surface area contributed by atoms with Gasteiger partial charge in [0.05, 0.1) is 11.4 Å². The van der Waals surface area contributed by atoms with Crippen molar-refractivity contribution in [2.75, 3.05) is 9.80 Å². The highest BCUT2D eigenvalue weighted by atomic mass is 16.3. The van der Waals surface area contributed by atoms with E-state index >= 15 is 0 Å². The molecule has 71 heavy (non-hydrogen) atoms. The number of rotatable bonds is 12. The molecule has 0 aliphatic heterocycles. The lowest BCUT2D eigenvalue weighted by Gasteiger charge is -2.25. The zero-order chi connectivity index (χ0) is 48.1. The van der Waals surface area contributed by atoms with Crippen LogP contribution < -0.4 is 9.80 Å². The average Bonchev–Trinajstić information content (AvgIpc) is 3.42. The number of para-hydroxylation sites is 4. The lowest BCUT2D eigenvalue weighted by Crippen LogP contribution is -2.09. The quantitative estimate of drug-likeness (QED) is 0.120. The number of aromatic hydroxyl groups is 2. The van der Waals surface area contributed by atoms with Crippen molar-refractivity contribution in [1.29, 1.82) is 0 Å². The molecule has 6 heteroatoms. The van der Waals surface area contributed by atoms with E-state index < -0.39 is 0 Å². The standard InChI is InChI=1S/C65H48N4O2/c1-45-62(66-43-60-58-37-29-48(41-50(58)31-39-64(60)70)46-25-33-56(34-26-46)68(52-15-6-2-7-16-52)53-17-8-3-9-18-53)23-14-24-63(45)67-44-61-59-38-30-49(42-51(59)32-40-65(61)71)47-27-35-57(36-28-47)69(54-19-10-4-11-20-54)55-21-12-5-13-22-55/h2-44,70-71H,1H3. The molecule has 2 N–H and O–H groups in total. The minimum atomic E-state index is 0.150. The summed E-state index contributed by atoms with van der Waals surface area (Å²) < 4.78 is 0. The molecule has 0 spiro atoms. The molecule has 0 saturated carbocycles. The molecule has 0 aliphatic rings. The first-order chi connectivity index (χ1) is 34.9. The number of benzene rings is 11. The third-order valence-electron chi connectivity index (χ3n) is 13.0. The van der Waals surface area contributed by atoms with Crippen molar-refractivity contribution in [2.45, 2.75) is 6.92 Å². The molecule has 11 aromatic rings. The molecule has 0 unspecified atom stereocenters. The zero-order valence-corrected chi connectivity index (χ0v) is 39.0. The van der Waals surface area contributed by atoms with E-state index in [2.05, 4.69) is 192 Å². The molecule has 0 aromatic heterocycles. The topological polar surface area (TPSA) is 71.7 Å². The van der Waals surface area contributed by atoms with Gasteiger partial charge in [-0.05, 0) is 160 Å². The Bertz CT molecular complexity index is 3390. The smallest absolute Gasteiger partial charge is 0.124 e. The largest absolute Gasteiger partial charge is 0.507 e. The molecule has 0 amide bonds. The molecule has 11 aromatic carbocycles. The van der Waals surface area contributed by atoms with Crippen molar-refractivity contribution in [3.8, 4) is 33.8 Å². The van der Waals surface area contributed by atoms with Gasteiger partial charge in [-0.3, -0.25) is 9.98 Å². The van der Waals surface area contributed by atoms with Gasteiger partial charge in [0.15, 0.2) is 0 Å². The fraction of sp³-hybridized carbons (Fsp3) is 0.0154. The molecule has 0 aliphatic carbocycles. The number of fused-ring (bicyclic) bond motifs is 2. The number of hydrogen-bond donors (Lipinski definition) is 2. The fourth-order valence-corrected chi connectivity index (χ4v) is 9.28. The summed E-state index contributed by atoms with van der Waals surface area (Å²) in [5.74, 6) is 0.299. The highest BCUT2D eigenvalue weighted by molar-refractivity contribution is 6.06. The van der Waals surface area contributed by atoms with E-state index in [1.54, 1.807) is 24.6 Å². The third kappa shape index (κ3) is 9.13. The van der Waals surface area contributed by atoms with Crippen molar-refractivity contribution in [3.63, 3.8) is 0 Å². The molecule has 0 heterocycles. The van der Waals surface area contributed by atoms with Crippen LogP contribution in [0.2, 0.25) is 0 Å². The van der Waals surface area contributed by atoms with Gasteiger partial charge in [0.25, 0.3) is 0 Å². The summed E-state index contributed by atoms with van der Waals surface area (Å²) >= 11 is 0. The second-order valence-electron chi connectivity index (χ2n) is 17.4. The van der Waals surface area contributed by atoms with Crippen LogP contribution in [0.5, 0.6) is 11.5 Å². The zero-order valence-electron chi connectivity index (χ0n) is 39.0. The van der Waals surface area contributed by atoms with Crippen molar-refractivity contribution < 1.29 is 10.2 Å². The summed E-state index contributed by atoms with van der Waals surface area (Å²) in [6.07, 6.45) is 3.46. The van der Waals surface area contributed by atoms with Crippen LogP contribution >= 0.6 is 0 Å². The van der Waals surface area contributed by atoms with Crippen LogP contribution in [-0.4, -0.2) is 22.6 Å². The number of nitrogens with zero attached hydrogens (tertiary/aromatic N) is 4. The van der Waals surface area contributed by atoms with Gasteiger partial charge in [-0.1, -0.05) is 140 Å². The van der Waals surface area contributed by atoms with E-state index in [4.69, 9.17) is 9.98 Å². The minimum absolute atomic E-state index is 0.150. The molecular formula is C65H48N4O2. The Hall–Kier alpha value is -9.52. The Morgan fingerprint density at radius 2 is 0.648 bits per heavy atom. The average molecular weight is 917 g/mol. The van der Waals surface area contributed by atoms with Crippen LogP contribution in [0.15, 0.2) is 259 Å². The molecule has 340 valence electrons. The Balaban J connectivity index is 0.826. The highest BCUT2D eigenvalue weighted by Crippen LogP contribution is 2.39. The monoisotopic (exact) mass is 916 g/mol. The Labute approximate surface area is 413 Å². The van der Waals surface area contributed by atoms with Gasteiger partial charge in [0.2, 0.25) is 0 Å². The predicted molar refractivity (Wildman–Crippen MR) is 297 cm³/mol. The molecule has 0 bridgehead atoms. The molecule has 0 saturated heterocycles. The van der Waals surface area contributed by atoms with Crippen LogP contribution in [0.1, 0.15) is 16.7 Å². The van der Waals surface area contributed by atoms with Gasteiger partial charge in [0.1, 0.15) is 11.5 Å². The molecule has 11 rings (SSSR count). The van der Waals surface area contributed by atoms with Gasteiger partial charge in [0, 0.05) is 63.2 Å². The maximum atomic E-state index is 11.1. The first kappa shape index (κ1) is 44.0.